The van der Waals surface area contributed by atoms with E-state index in [0.29, 0.717) is 6.42 Å². The van der Waals surface area contributed by atoms with Crippen LogP contribution in [-0.4, -0.2) is 29.0 Å². The fourth-order valence-corrected chi connectivity index (χ4v) is 2.28. The second kappa shape index (κ2) is 6.97. The molecule has 0 aromatic carbocycles. The summed E-state index contributed by atoms with van der Waals surface area (Å²) in [5.41, 5.74) is 0. The molecule has 1 aromatic rings. The highest BCUT2D eigenvalue weighted by Gasteiger charge is 2.21. The molecule has 1 aliphatic rings. The first-order valence-electron chi connectivity index (χ1n) is 6.93. The van der Waals surface area contributed by atoms with E-state index in [2.05, 4.69) is 10.6 Å². The lowest BCUT2D eigenvalue weighted by atomic mass is 10.1. The summed E-state index contributed by atoms with van der Waals surface area (Å²) in [4.78, 5) is 23.5. The van der Waals surface area contributed by atoms with Crippen molar-refractivity contribution in [3.8, 4) is 0 Å². The summed E-state index contributed by atoms with van der Waals surface area (Å²) in [7, 11) is 0. The third kappa shape index (κ3) is 4.43. The molecule has 2 N–H and O–H groups in total. The van der Waals surface area contributed by atoms with Crippen LogP contribution < -0.4 is 10.6 Å². The molecular weight excluding hydrogens is 242 g/mol. The van der Waals surface area contributed by atoms with Crippen molar-refractivity contribution >= 4 is 11.8 Å². The van der Waals surface area contributed by atoms with E-state index in [-0.39, 0.29) is 17.9 Å². The number of nitrogens with zero attached hydrogens (tertiary/aromatic N) is 1. The molecule has 0 radical (unpaired) electrons. The first kappa shape index (κ1) is 13.6. The zero-order valence-corrected chi connectivity index (χ0v) is 11.1. The monoisotopic (exact) mass is 263 g/mol. The summed E-state index contributed by atoms with van der Waals surface area (Å²) in [5, 5.41) is 5.65. The highest BCUT2D eigenvalue weighted by Crippen LogP contribution is 2.06. The number of amides is 2. The number of hydrogen-bond donors (Lipinski definition) is 2. The summed E-state index contributed by atoms with van der Waals surface area (Å²) in [6.07, 6.45) is 7.93. The van der Waals surface area contributed by atoms with E-state index in [1.54, 1.807) is 0 Å². The largest absolute Gasteiger partial charge is 0.354 e. The number of carbonyl (C=O) groups excluding carboxylic acids is 2. The van der Waals surface area contributed by atoms with Gasteiger partial charge in [0.2, 0.25) is 11.8 Å². The van der Waals surface area contributed by atoms with Crippen molar-refractivity contribution in [2.24, 2.45) is 0 Å². The van der Waals surface area contributed by atoms with Crippen molar-refractivity contribution in [3.05, 3.63) is 24.5 Å². The van der Waals surface area contributed by atoms with Gasteiger partial charge in [0.1, 0.15) is 6.04 Å². The van der Waals surface area contributed by atoms with Crippen LogP contribution in [0, 0.1) is 0 Å². The van der Waals surface area contributed by atoms with Gasteiger partial charge in [0, 0.05) is 31.9 Å². The van der Waals surface area contributed by atoms with Crippen LogP contribution in [0.5, 0.6) is 0 Å². The Kier molecular flexibility index (Phi) is 5.01. The van der Waals surface area contributed by atoms with Gasteiger partial charge in [-0.2, -0.15) is 0 Å². The van der Waals surface area contributed by atoms with Gasteiger partial charge in [-0.3, -0.25) is 9.59 Å². The van der Waals surface area contributed by atoms with Crippen LogP contribution in [0.1, 0.15) is 32.1 Å². The maximum atomic E-state index is 11.8. The summed E-state index contributed by atoms with van der Waals surface area (Å²) in [6.45, 7) is 1.55. The molecule has 104 valence electrons. The van der Waals surface area contributed by atoms with Crippen LogP contribution in [0.2, 0.25) is 0 Å². The molecule has 0 bridgehead atoms. The molecular formula is C14H21N3O2. The van der Waals surface area contributed by atoms with E-state index >= 15 is 0 Å². The average Bonchev–Trinajstić information content (AvgIpc) is 2.82. The van der Waals surface area contributed by atoms with Gasteiger partial charge in [-0.1, -0.05) is 0 Å². The number of carbonyl (C=O) groups is 2. The molecule has 1 saturated heterocycles. The van der Waals surface area contributed by atoms with E-state index in [1.165, 1.54) is 0 Å². The number of nitrogens with one attached hydrogen (secondary N) is 2. The molecule has 0 saturated carbocycles. The third-order valence-corrected chi connectivity index (χ3v) is 3.36. The van der Waals surface area contributed by atoms with Crippen LogP contribution in [0.3, 0.4) is 0 Å². The molecule has 0 unspecified atom stereocenters. The molecule has 1 atom stereocenters. The number of aryl methyl sites for hydroxylation is 1. The molecule has 1 fully saturated rings. The van der Waals surface area contributed by atoms with Gasteiger partial charge in [-0.25, -0.2) is 0 Å². The Morgan fingerprint density at radius 3 is 2.95 bits per heavy atom. The van der Waals surface area contributed by atoms with Gasteiger partial charge in [0.05, 0.1) is 0 Å². The van der Waals surface area contributed by atoms with E-state index in [1.807, 2.05) is 29.1 Å². The normalized spacial score (nSPS) is 19.6. The molecule has 2 rings (SSSR count). The highest BCUT2D eigenvalue weighted by molar-refractivity contribution is 5.87. The van der Waals surface area contributed by atoms with Crippen molar-refractivity contribution in [2.45, 2.75) is 44.7 Å². The summed E-state index contributed by atoms with van der Waals surface area (Å²) in [6, 6.07) is 3.59. The number of rotatable bonds is 5. The quantitative estimate of drug-likeness (QED) is 0.834. The summed E-state index contributed by atoms with van der Waals surface area (Å²) < 4.78 is 2.05. The predicted molar refractivity (Wildman–Crippen MR) is 72.5 cm³/mol. The first-order valence-corrected chi connectivity index (χ1v) is 6.93. The van der Waals surface area contributed by atoms with Crippen LogP contribution >= 0.6 is 0 Å². The zero-order valence-electron chi connectivity index (χ0n) is 11.1. The maximum absolute atomic E-state index is 11.8. The second-order valence-electron chi connectivity index (χ2n) is 4.93. The molecule has 5 nitrogen and oxygen atoms in total. The van der Waals surface area contributed by atoms with Crippen LogP contribution in [0.4, 0.5) is 0 Å². The molecule has 2 amide bonds. The molecule has 1 aliphatic heterocycles. The first-order chi connectivity index (χ1) is 9.25. The van der Waals surface area contributed by atoms with Crippen molar-refractivity contribution in [1.29, 1.82) is 0 Å². The highest BCUT2D eigenvalue weighted by atomic mass is 16.2. The Morgan fingerprint density at radius 1 is 1.37 bits per heavy atom. The fraction of sp³-hybridized carbons (Fsp3) is 0.571. The van der Waals surface area contributed by atoms with Crippen molar-refractivity contribution in [2.75, 3.05) is 6.54 Å². The standard InChI is InChI=1S/C14H21N3O2/c18-13(7-5-11-17-9-3-4-10-17)16-12-6-1-2-8-15-14(12)19/h3-4,9-10,12H,1-2,5-8,11H2,(H,15,19)(H,16,18)/t12-/m1/s1. The molecule has 0 aliphatic carbocycles. The van der Waals surface area contributed by atoms with Crippen molar-refractivity contribution in [1.82, 2.24) is 15.2 Å². The maximum Gasteiger partial charge on any atom is 0.242 e. The SMILES string of the molecule is O=C(CCCn1cccc1)N[C@@H]1CCCCNC1=O. The van der Waals surface area contributed by atoms with Gasteiger partial charge >= 0.3 is 0 Å². The Labute approximate surface area is 113 Å². The lowest BCUT2D eigenvalue weighted by Gasteiger charge is -2.15. The second-order valence-corrected chi connectivity index (χ2v) is 4.93. The Bertz CT molecular complexity index is 414. The van der Waals surface area contributed by atoms with E-state index in [0.717, 1.165) is 38.8 Å². The van der Waals surface area contributed by atoms with E-state index < -0.39 is 0 Å². The van der Waals surface area contributed by atoms with Gasteiger partial charge in [-0.15, -0.1) is 0 Å². The summed E-state index contributed by atoms with van der Waals surface area (Å²) in [5.74, 6) is -0.0783. The molecule has 2 heterocycles. The smallest absolute Gasteiger partial charge is 0.242 e. The van der Waals surface area contributed by atoms with Crippen LogP contribution in [-0.2, 0) is 16.1 Å². The minimum atomic E-state index is -0.346. The third-order valence-electron chi connectivity index (χ3n) is 3.36. The zero-order chi connectivity index (χ0) is 13.5. The molecule has 5 heteroatoms. The topological polar surface area (TPSA) is 63.1 Å². The van der Waals surface area contributed by atoms with Crippen molar-refractivity contribution < 1.29 is 9.59 Å². The Morgan fingerprint density at radius 2 is 2.16 bits per heavy atom. The van der Waals surface area contributed by atoms with Crippen LogP contribution in [0.25, 0.3) is 0 Å². The van der Waals surface area contributed by atoms with E-state index in [4.69, 9.17) is 0 Å². The molecule has 0 spiro atoms. The van der Waals surface area contributed by atoms with Crippen LogP contribution in [0.15, 0.2) is 24.5 Å². The molecule has 19 heavy (non-hydrogen) atoms. The Hall–Kier alpha value is -1.78. The number of hydrogen-bond acceptors (Lipinski definition) is 2. The average molecular weight is 263 g/mol. The minimum Gasteiger partial charge on any atom is -0.354 e. The molecule has 1 aromatic heterocycles. The Balaban J connectivity index is 1.69. The van der Waals surface area contributed by atoms with Crippen molar-refractivity contribution in [3.63, 3.8) is 0 Å². The predicted octanol–water partition coefficient (Wildman–Crippen LogP) is 1.05. The minimum absolute atomic E-state index is 0.0331. The van der Waals surface area contributed by atoms with Gasteiger partial charge in [-0.05, 0) is 37.8 Å². The fourth-order valence-electron chi connectivity index (χ4n) is 2.28. The van der Waals surface area contributed by atoms with Gasteiger partial charge in [0.15, 0.2) is 0 Å². The lowest BCUT2D eigenvalue weighted by Crippen LogP contribution is -2.45. The summed E-state index contributed by atoms with van der Waals surface area (Å²) >= 11 is 0. The van der Waals surface area contributed by atoms with E-state index in [9.17, 15) is 9.59 Å². The lowest BCUT2D eigenvalue weighted by molar-refractivity contribution is -0.128. The van der Waals surface area contributed by atoms with Gasteiger partial charge in [0.25, 0.3) is 0 Å². The number of aromatic nitrogens is 1. The van der Waals surface area contributed by atoms with Gasteiger partial charge < -0.3 is 15.2 Å².